The van der Waals surface area contributed by atoms with E-state index in [1.54, 1.807) is 0 Å². The topological polar surface area (TPSA) is 23.5 Å². The van der Waals surface area contributed by atoms with Crippen LogP contribution in [-0.4, -0.2) is 35.2 Å². The molecule has 0 bridgehead atoms. The molecule has 2 heteroatoms. The summed E-state index contributed by atoms with van der Waals surface area (Å²) in [6, 6.07) is 1.56. The Kier molecular flexibility index (Phi) is 5.62. The molecule has 0 aromatic rings. The minimum absolute atomic E-state index is 0.343. The van der Waals surface area contributed by atoms with Gasteiger partial charge in [0, 0.05) is 18.7 Å². The van der Waals surface area contributed by atoms with E-state index in [1.807, 2.05) is 0 Å². The summed E-state index contributed by atoms with van der Waals surface area (Å²) in [5.74, 6) is 0.791. The lowest BCUT2D eigenvalue weighted by Gasteiger charge is -2.33. The number of unbranched alkanes of at least 4 members (excludes halogenated alkanes) is 1. The molecule has 0 heterocycles. The first-order valence-corrected chi connectivity index (χ1v) is 6.57. The summed E-state index contributed by atoms with van der Waals surface area (Å²) in [5.41, 5.74) is 0. The highest BCUT2D eigenvalue weighted by atomic mass is 16.2. The fourth-order valence-corrected chi connectivity index (χ4v) is 2.20. The molecule has 1 aliphatic carbocycles. The molecule has 1 aliphatic rings. The summed E-state index contributed by atoms with van der Waals surface area (Å²) in [4.78, 5) is 2.67. The van der Waals surface area contributed by atoms with Gasteiger partial charge in [-0.05, 0) is 45.1 Å². The van der Waals surface area contributed by atoms with Crippen molar-refractivity contribution in [1.29, 1.82) is 0 Å². The van der Waals surface area contributed by atoms with Gasteiger partial charge in [0.25, 0.3) is 0 Å². The molecule has 0 aliphatic heterocycles. The lowest BCUT2D eigenvalue weighted by atomic mass is 9.99. The highest BCUT2D eigenvalue weighted by molar-refractivity contribution is 4.88. The standard InChI is InChI=1S/C13H27NO/c1-4-11(2)12(3)14(13-7-8-13)9-5-6-10-15/h11-13,15H,4-10H2,1-3H3. The van der Waals surface area contributed by atoms with Crippen LogP contribution in [0.5, 0.6) is 0 Å². The molecular weight excluding hydrogens is 186 g/mol. The molecule has 90 valence electrons. The molecule has 2 nitrogen and oxygen atoms in total. The Morgan fingerprint density at radius 3 is 2.40 bits per heavy atom. The first-order chi connectivity index (χ1) is 7.20. The molecule has 0 radical (unpaired) electrons. The Balaban J connectivity index is 2.35. The third kappa shape index (κ3) is 4.12. The predicted molar refractivity (Wildman–Crippen MR) is 65.0 cm³/mol. The lowest BCUT2D eigenvalue weighted by Crippen LogP contribution is -2.39. The Morgan fingerprint density at radius 1 is 1.27 bits per heavy atom. The second kappa shape index (κ2) is 6.49. The maximum Gasteiger partial charge on any atom is 0.0431 e. The van der Waals surface area contributed by atoms with Gasteiger partial charge in [0.15, 0.2) is 0 Å². The van der Waals surface area contributed by atoms with E-state index in [9.17, 15) is 0 Å². The van der Waals surface area contributed by atoms with Gasteiger partial charge in [-0.25, -0.2) is 0 Å². The van der Waals surface area contributed by atoms with Gasteiger partial charge in [-0.15, -0.1) is 0 Å². The van der Waals surface area contributed by atoms with E-state index in [4.69, 9.17) is 5.11 Å². The molecule has 0 aromatic heterocycles. The van der Waals surface area contributed by atoms with Gasteiger partial charge in [0.2, 0.25) is 0 Å². The smallest absolute Gasteiger partial charge is 0.0431 e. The van der Waals surface area contributed by atoms with Crippen molar-refractivity contribution in [1.82, 2.24) is 4.90 Å². The first kappa shape index (κ1) is 13.0. The minimum Gasteiger partial charge on any atom is -0.396 e. The summed E-state index contributed by atoms with van der Waals surface area (Å²) in [6.07, 6.45) is 6.15. The summed E-state index contributed by atoms with van der Waals surface area (Å²) in [7, 11) is 0. The maximum absolute atomic E-state index is 8.81. The van der Waals surface area contributed by atoms with E-state index in [0.717, 1.165) is 24.8 Å². The molecule has 15 heavy (non-hydrogen) atoms. The summed E-state index contributed by atoms with van der Waals surface area (Å²) >= 11 is 0. The zero-order valence-electron chi connectivity index (χ0n) is 10.6. The molecule has 0 spiro atoms. The van der Waals surface area contributed by atoms with Crippen LogP contribution < -0.4 is 0 Å². The monoisotopic (exact) mass is 213 g/mol. The van der Waals surface area contributed by atoms with Gasteiger partial charge in [-0.1, -0.05) is 20.3 Å². The van der Waals surface area contributed by atoms with E-state index in [2.05, 4.69) is 25.7 Å². The largest absolute Gasteiger partial charge is 0.396 e. The van der Waals surface area contributed by atoms with Gasteiger partial charge < -0.3 is 5.11 Å². The van der Waals surface area contributed by atoms with Crippen molar-refractivity contribution in [3.63, 3.8) is 0 Å². The number of hydrogen-bond acceptors (Lipinski definition) is 2. The number of rotatable bonds is 8. The van der Waals surface area contributed by atoms with Crippen LogP contribution in [0, 0.1) is 5.92 Å². The van der Waals surface area contributed by atoms with Crippen molar-refractivity contribution >= 4 is 0 Å². The number of aliphatic hydroxyl groups excluding tert-OH is 1. The molecular formula is C13H27NO. The average Bonchev–Trinajstić information content (AvgIpc) is 3.06. The van der Waals surface area contributed by atoms with Crippen molar-refractivity contribution in [2.45, 2.75) is 65.0 Å². The Hall–Kier alpha value is -0.0800. The van der Waals surface area contributed by atoms with E-state index in [0.29, 0.717) is 12.6 Å². The first-order valence-electron chi connectivity index (χ1n) is 6.57. The van der Waals surface area contributed by atoms with E-state index in [1.165, 1.54) is 25.8 Å². The molecule has 0 aromatic carbocycles. The van der Waals surface area contributed by atoms with Crippen LogP contribution in [0.3, 0.4) is 0 Å². The van der Waals surface area contributed by atoms with E-state index >= 15 is 0 Å². The Morgan fingerprint density at radius 2 is 1.93 bits per heavy atom. The molecule has 1 rings (SSSR count). The highest BCUT2D eigenvalue weighted by Crippen LogP contribution is 2.31. The average molecular weight is 213 g/mol. The van der Waals surface area contributed by atoms with Crippen molar-refractivity contribution in [3.8, 4) is 0 Å². The zero-order valence-corrected chi connectivity index (χ0v) is 10.6. The quantitative estimate of drug-likeness (QED) is 0.627. The van der Waals surface area contributed by atoms with Gasteiger partial charge in [-0.3, -0.25) is 4.90 Å². The molecule has 0 amide bonds. The van der Waals surface area contributed by atoms with Crippen molar-refractivity contribution < 1.29 is 5.11 Å². The van der Waals surface area contributed by atoms with Crippen molar-refractivity contribution in [3.05, 3.63) is 0 Å². The van der Waals surface area contributed by atoms with Crippen LogP contribution >= 0.6 is 0 Å². The number of nitrogens with zero attached hydrogens (tertiary/aromatic N) is 1. The molecule has 2 atom stereocenters. The fourth-order valence-electron chi connectivity index (χ4n) is 2.20. The predicted octanol–water partition coefficient (Wildman–Crippen LogP) is 2.66. The minimum atomic E-state index is 0.343. The molecule has 0 saturated heterocycles. The molecule has 2 unspecified atom stereocenters. The molecule has 1 saturated carbocycles. The van der Waals surface area contributed by atoms with Crippen LogP contribution in [0.15, 0.2) is 0 Å². The lowest BCUT2D eigenvalue weighted by molar-refractivity contribution is 0.143. The second-order valence-corrected chi connectivity index (χ2v) is 5.03. The van der Waals surface area contributed by atoms with Gasteiger partial charge in [0.1, 0.15) is 0 Å². The Labute approximate surface area is 94.7 Å². The maximum atomic E-state index is 8.81. The SMILES string of the molecule is CCC(C)C(C)N(CCCCO)C1CC1. The number of aliphatic hydroxyl groups is 1. The van der Waals surface area contributed by atoms with E-state index < -0.39 is 0 Å². The third-order valence-corrected chi connectivity index (χ3v) is 3.83. The van der Waals surface area contributed by atoms with Crippen molar-refractivity contribution in [2.24, 2.45) is 5.92 Å². The number of hydrogen-bond donors (Lipinski definition) is 1. The highest BCUT2D eigenvalue weighted by Gasteiger charge is 2.33. The fraction of sp³-hybridized carbons (Fsp3) is 1.00. The van der Waals surface area contributed by atoms with E-state index in [-0.39, 0.29) is 0 Å². The van der Waals surface area contributed by atoms with Gasteiger partial charge in [0.05, 0.1) is 0 Å². The van der Waals surface area contributed by atoms with Crippen LogP contribution in [-0.2, 0) is 0 Å². The van der Waals surface area contributed by atoms with Gasteiger partial charge in [-0.2, -0.15) is 0 Å². The second-order valence-electron chi connectivity index (χ2n) is 5.03. The van der Waals surface area contributed by atoms with Gasteiger partial charge >= 0.3 is 0 Å². The van der Waals surface area contributed by atoms with Crippen LogP contribution in [0.2, 0.25) is 0 Å². The van der Waals surface area contributed by atoms with Crippen LogP contribution in [0.4, 0.5) is 0 Å². The van der Waals surface area contributed by atoms with Crippen LogP contribution in [0.1, 0.15) is 52.9 Å². The summed E-state index contributed by atoms with van der Waals surface area (Å²) in [5, 5.41) is 8.81. The third-order valence-electron chi connectivity index (χ3n) is 3.83. The zero-order chi connectivity index (χ0) is 11.3. The van der Waals surface area contributed by atoms with Crippen molar-refractivity contribution in [2.75, 3.05) is 13.2 Å². The summed E-state index contributed by atoms with van der Waals surface area (Å²) < 4.78 is 0. The normalized spacial score (nSPS) is 20.6. The van der Waals surface area contributed by atoms with Crippen LogP contribution in [0.25, 0.3) is 0 Å². The summed E-state index contributed by atoms with van der Waals surface area (Å²) in [6.45, 7) is 8.52. The molecule has 1 fully saturated rings. The molecule has 1 N–H and O–H groups in total. The Bertz CT molecular complexity index is 168.